The summed E-state index contributed by atoms with van der Waals surface area (Å²) in [6.45, 7) is 4.07. The maximum absolute atomic E-state index is 12.6. The minimum atomic E-state index is -1.28. The monoisotopic (exact) mass is 864 g/mol. The van der Waals surface area contributed by atoms with E-state index in [1.165, 1.54) is 238 Å². The van der Waals surface area contributed by atoms with E-state index in [-0.39, 0.29) is 0 Å². The predicted octanol–water partition coefficient (Wildman–Crippen LogP) is 15.7. The Balaban J connectivity index is 3.61. The molecule has 0 aliphatic carbocycles. The fourth-order valence-electron chi connectivity index (χ4n) is 8.88. The van der Waals surface area contributed by atoms with Crippen molar-refractivity contribution in [1.29, 1.82) is 0 Å². The highest BCUT2D eigenvalue weighted by Crippen LogP contribution is 2.18. The van der Waals surface area contributed by atoms with Gasteiger partial charge in [0.1, 0.15) is 12.2 Å². The van der Waals surface area contributed by atoms with E-state index in [9.17, 15) is 25.2 Å². The summed E-state index contributed by atoms with van der Waals surface area (Å²) >= 11 is 0. The number of unbranched alkanes of at least 4 members (excludes halogenated alkanes) is 40. The molecular formula is C55H109NO5. The van der Waals surface area contributed by atoms with Gasteiger partial charge in [-0.1, -0.05) is 276 Å². The van der Waals surface area contributed by atoms with Gasteiger partial charge in [-0.2, -0.15) is 0 Å². The Labute approximate surface area is 381 Å². The summed E-state index contributed by atoms with van der Waals surface area (Å²) in [5, 5.41) is 43.9. The minimum absolute atomic E-state index is 0.368. The number of allylic oxidation sites excluding steroid dienone is 2. The third kappa shape index (κ3) is 44.1. The minimum Gasteiger partial charge on any atom is -0.394 e. The summed E-state index contributed by atoms with van der Waals surface area (Å²) < 4.78 is 0. The summed E-state index contributed by atoms with van der Waals surface area (Å²) in [7, 11) is 0. The van der Waals surface area contributed by atoms with Gasteiger partial charge in [0.05, 0.1) is 18.8 Å². The molecule has 0 aromatic rings. The van der Waals surface area contributed by atoms with Crippen molar-refractivity contribution in [1.82, 2.24) is 5.32 Å². The lowest BCUT2D eigenvalue weighted by Gasteiger charge is -2.27. The number of carbonyl (C=O) groups excluding carboxylic acids is 1. The van der Waals surface area contributed by atoms with E-state index in [2.05, 4.69) is 31.3 Å². The molecule has 0 spiro atoms. The molecule has 0 heterocycles. The van der Waals surface area contributed by atoms with Crippen molar-refractivity contribution in [3.63, 3.8) is 0 Å². The SMILES string of the molecule is CCCCCCCCCCCCCCCCCCCCCCCCCC/C=C/CCCC(O)C(O)C(CO)NC(=O)C(O)CCCCCCCCCCCCCCCCCC. The summed E-state index contributed by atoms with van der Waals surface area (Å²) in [5.74, 6) is -0.588. The lowest BCUT2D eigenvalue weighted by Crippen LogP contribution is -2.53. The standard InChI is InChI=1S/C55H109NO5/c1-3-5-7-9-11-13-15-17-19-21-22-23-24-25-26-27-28-29-30-31-32-33-35-36-38-40-42-44-46-48-52(58)54(60)51(50-57)56-55(61)53(59)49-47-45-43-41-39-37-34-20-18-16-14-12-10-8-6-4-2/h40,42,51-54,57-60H,3-39,41,43-50H2,1-2H3,(H,56,61)/b42-40+. The number of carbonyl (C=O) groups is 1. The number of aliphatic hydroxyl groups excluding tert-OH is 4. The Kier molecular flexibility index (Phi) is 49.3. The third-order valence-corrected chi connectivity index (χ3v) is 13.2. The first-order valence-electron chi connectivity index (χ1n) is 27.6. The number of amides is 1. The molecule has 0 saturated heterocycles. The van der Waals surface area contributed by atoms with Gasteiger partial charge in [0.25, 0.3) is 0 Å². The van der Waals surface area contributed by atoms with Crippen LogP contribution in [0.1, 0.15) is 303 Å². The molecular weight excluding hydrogens is 755 g/mol. The molecule has 364 valence electrons. The summed E-state index contributed by atoms with van der Waals surface area (Å²) in [6, 6.07) is -0.998. The van der Waals surface area contributed by atoms with Crippen LogP contribution in [0.4, 0.5) is 0 Å². The van der Waals surface area contributed by atoms with E-state index >= 15 is 0 Å². The zero-order valence-corrected chi connectivity index (χ0v) is 41.2. The van der Waals surface area contributed by atoms with Gasteiger partial charge in [0.15, 0.2) is 0 Å². The second kappa shape index (κ2) is 50.1. The van der Waals surface area contributed by atoms with Crippen LogP contribution in [-0.4, -0.2) is 57.3 Å². The van der Waals surface area contributed by atoms with E-state index in [0.717, 1.165) is 38.5 Å². The van der Waals surface area contributed by atoms with Crippen LogP contribution < -0.4 is 5.32 Å². The Morgan fingerprint density at radius 3 is 0.984 bits per heavy atom. The lowest BCUT2D eigenvalue weighted by atomic mass is 10.00. The van der Waals surface area contributed by atoms with Crippen LogP contribution in [0, 0.1) is 0 Å². The fourth-order valence-corrected chi connectivity index (χ4v) is 8.88. The first kappa shape index (κ1) is 60.1. The molecule has 6 nitrogen and oxygen atoms in total. The Morgan fingerprint density at radius 2 is 0.672 bits per heavy atom. The second-order valence-corrected chi connectivity index (χ2v) is 19.3. The average Bonchev–Trinajstić information content (AvgIpc) is 3.26. The van der Waals surface area contributed by atoms with Gasteiger partial charge >= 0.3 is 0 Å². The average molecular weight is 864 g/mol. The maximum atomic E-state index is 12.6. The molecule has 5 N–H and O–H groups in total. The number of nitrogens with one attached hydrogen (secondary N) is 1. The topological polar surface area (TPSA) is 110 Å². The summed E-state index contributed by atoms with van der Waals surface area (Å²) in [4.78, 5) is 12.6. The molecule has 6 heteroatoms. The van der Waals surface area contributed by atoms with E-state index in [0.29, 0.717) is 12.8 Å². The zero-order valence-electron chi connectivity index (χ0n) is 41.2. The van der Waals surface area contributed by atoms with Crippen LogP contribution in [0.5, 0.6) is 0 Å². The molecule has 0 aliphatic rings. The fraction of sp³-hybridized carbons (Fsp3) is 0.945. The molecule has 0 bridgehead atoms. The first-order valence-corrected chi connectivity index (χ1v) is 27.6. The molecule has 0 radical (unpaired) electrons. The second-order valence-electron chi connectivity index (χ2n) is 19.3. The molecule has 0 aromatic carbocycles. The van der Waals surface area contributed by atoms with Crippen LogP contribution in [0.15, 0.2) is 12.2 Å². The lowest BCUT2D eigenvalue weighted by molar-refractivity contribution is -0.132. The van der Waals surface area contributed by atoms with Crippen LogP contribution in [0.2, 0.25) is 0 Å². The number of hydrogen-bond acceptors (Lipinski definition) is 5. The smallest absolute Gasteiger partial charge is 0.249 e. The van der Waals surface area contributed by atoms with E-state index in [1.54, 1.807) is 0 Å². The van der Waals surface area contributed by atoms with Crippen LogP contribution in [-0.2, 0) is 4.79 Å². The molecule has 4 atom stereocenters. The maximum Gasteiger partial charge on any atom is 0.249 e. The molecule has 0 saturated carbocycles. The van der Waals surface area contributed by atoms with Crippen molar-refractivity contribution in [3.05, 3.63) is 12.2 Å². The zero-order chi connectivity index (χ0) is 44.5. The third-order valence-electron chi connectivity index (χ3n) is 13.2. The summed E-state index contributed by atoms with van der Waals surface area (Å²) in [5.41, 5.74) is 0. The summed E-state index contributed by atoms with van der Waals surface area (Å²) in [6.07, 6.45) is 58.6. The highest BCUT2D eigenvalue weighted by molar-refractivity contribution is 5.80. The normalized spacial score (nSPS) is 13.9. The molecule has 1 amide bonds. The highest BCUT2D eigenvalue weighted by Gasteiger charge is 2.28. The van der Waals surface area contributed by atoms with Crippen molar-refractivity contribution in [2.24, 2.45) is 0 Å². The van der Waals surface area contributed by atoms with Gasteiger partial charge in [-0.15, -0.1) is 0 Å². The van der Waals surface area contributed by atoms with Gasteiger partial charge in [-0.05, 0) is 38.5 Å². The van der Waals surface area contributed by atoms with Crippen molar-refractivity contribution >= 4 is 5.91 Å². The van der Waals surface area contributed by atoms with Gasteiger partial charge in [0, 0.05) is 0 Å². The quantitative estimate of drug-likeness (QED) is 0.0309. The van der Waals surface area contributed by atoms with Crippen LogP contribution >= 0.6 is 0 Å². The van der Waals surface area contributed by atoms with Crippen molar-refractivity contribution in [3.8, 4) is 0 Å². The van der Waals surface area contributed by atoms with Crippen molar-refractivity contribution in [2.75, 3.05) is 6.61 Å². The van der Waals surface area contributed by atoms with Crippen LogP contribution in [0.25, 0.3) is 0 Å². The number of aliphatic hydroxyl groups is 4. The van der Waals surface area contributed by atoms with Gasteiger partial charge in [-0.25, -0.2) is 0 Å². The molecule has 4 unspecified atom stereocenters. The van der Waals surface area contributed by atoms with Crippen LogP contribution in [0.3, 0.4) is 0 Å². The predicted molar refractivity (Wildman–Crippen MR) is 265 cm³/mol. The van der Waals surface area contributed by atoms with Gasteiger partial charge in [-0.3, -0.25) is 4.79 Å². The van der Waals surface area contributed by atoms with Gasteiger partial charge < -0.3 is 25.7 Å². The number of hydrogen-bond donors (Lipinski definition) is 5. The van der Waals surface area contributed by atoms with Crippen molar-refractivity contribution in [2.45, 2.75) is 327 Å². The molecule has 0 fully saturated rings. The van der Waals surface area contributed by atoms with E-state index in [1.807, 2.05) is 0 Å². The highest BCUT2D eigenvalue weighted by atomic mass is 16.3. The van der Waals surface area contributed by atoms with E-state index in [4.69, 9.17) is 0 Å². The largest absolute Gasteiger partial charge is 0.394 e. The van der Waals surface area contributed by atoms with Crippen molar-refractivity contribution < 1.29 is 25.2 Å². The Bertz CT molecular complexity index is 882. The first-order chi connectivity index (χ1) is 30.0. The van der Waals surface area contributed by atoms with Gasteiger partial charge in [0.2, 0.25) is 5.91 Å². The number of rotatable bonds is 51. The molecule has 0 aliphatic heterocycles. The Morgan fingerprint density at radius 1 is 0.393 bits per heavy atom. The molecule has 61 heavy (non-hydrogen) atoms. The molecule has 0 aromatic heterocycles. The molecule has 0 rings (SSSR count). The van der Waals surface area contributed by atoms with E-state index < -0.39 is 36.9 Å². The Hall–Kier alpha value is -0.950.